The van der Waals surface area contributed by atoms with Crippen molar-refractivity contribution in [3.05, 3.63) is 64.4 Å². The summed E-state index contributed by atoms with van der Waals surface area (Å²) in [6.45, 7) is 0.255. The van der Waals surface area contributed by atoms with Crippen LogP contribution in [0.5, 0.6) is 5.75 Å². The molecule has 0 unspecified atom stereocenters. The molecule has 0 aliphatic carbocycles. The molecule has 0 radical (unpaired) electrons. The molecule has 0 aromatic heterocycles. The molecule has 0 spiro atoms. The maximum Gasteiger partial charge on any atom is 0.254 e. The summed E-state index contributed by atoms with van der Waals surface area (Å²) in [5.41, 5.74) is 0.780. The van der Waals surface area contributed by atoms with Crippen LogP contribution in [0.15, 0.2) is 42.5 Å². The average molecular weight is 294 g/mol. The normalized spacial score (nSPS) is 10.2. The Kier molecular flexibility index (Phi) is 4.58. The Morgan fingerprint density at radius 3 is 2.75 bits per heavy atom. The molecule has 0 aliphatic heterocycles. The van der Waals surface area contributed by atoms with Crippen LogP contribution in [0.4, 0.5) is 4.39 Å². The summed E-state index contributed by atoms with van der Waals surface area (Å²) >= 11 is 5.65. The van der Waals surface area contributed by atoms with Gasteiger partial charge in [-0.2, -0.15) is 0 Å². The average Bonchev–Trinajstić information content (AvgIpc) is 2.45. The van der Waals surface area contributed by atoms with E-state index in [4.69, 9.17) is 16.3 Å². The zero-order valence-corrected chi connectivity index (χ0v) is 11.6. The summed E-state index contributed by atoms with van der Waals surface area (Å²) in [5, 5.41) is 2.90. The lowest BCUT2D eigenvalue weighted by molar-refractivity contribution is 0.0946. The molecule has 20 heavy (non-hydrogen) atoms. The Hall–Kier alpha value is -2.07. The highest BCUT2D eigenvalue weighted by atomic mass is 35.5. The van der Waals surface area contributed by atoms with Gasteiger partial charge in [0, 0.05) is 17.1 Å². The summed E-state index contributed by atoms with van der Waals surface area (Å²) in [4.78, 5) is 11.9. The van der Waals surface area contributed by atoms with Crippen LogP contribution in [0, 0.1) is 5.82 Å². The number of para-hydroxylation sites is 1. The van der Waals surface area contributed by atoms with Gasteiger partial charge >= 0.3 is 0 Å². The minimum Gasteiger partial charge on any atom is -0.496 e. The van der Waals surface area contributed by atoms with E-state index in [1.165, 1.54) is 12.1 Å². The zero-order valence-electron chi connectivity index (χ0n) is 10.8. The zero-order chi connectivity index (χ0) is 14.5. The van der Waals surface area contributed by atoms with Crippen molar-refractivity contribution >= 4 is 17.5 Å². The number of carbonyl (C=O) groups is 1. The van der Waals surface area contributed by atoms with Gasteiger partial charge in [0.15, 0.2) is 0 Å². The monoisotopic (exact) mass is 293 g/mol. The number of rotatable bonds is 4. The van der Waals surface area contributed by atoms with E-state index >= 15 is 0 Å². The van der Waals surface area contributed by atoms with Crippen molar-refractivity contribution in [3.63, 3.8) is 0 Å². The molecule has 0 atom stereocenters. The fourth-order valence-corrected chi connectivity index (χ4v) is 1.95. The molecule has 0 aliphatic rings. The van der Waals surface area contributed by atoms with Crippen LogP contribution in [0.25, 0.3) is 0 Å². The molecule has 5 heteroatoms. The fourth-order valence-electron chi connectivity index (χ4n) is 1.79. The highest BCUT2D eigenvalue weighted by molar-refractivity contribution is 6.30. The Labute approximate surface area is 121 Å². The molecule has 2 aromatic rings. The molecule has 2 aromatic carbocycles. The number of hydrogen-bond donors (Lipinski definition) is 1. The lowest BCUT2D eigenvalue weighted by Crippen LogP contribution is -2.24. The summed E-state index contributed by atoms with van der Waals surface area (Å²) < 4.78 is 18.8. The quantitative estimate of drug-likeness (QED) is 0.938. The van der Waals surface area contributed by atoms with Gasteiger partial charge in [-0.3, -0.25) is 4.79 Å². The van der Waals surface area contributed by atoms with Crippen molar-refractivity contribution in [1.29, 1.82) is 0 Å². The summed E-state index contributed by atoms with van der Waals surface area (Å²) in [7, 11) is 1.56. The number of halogens is 2. The molecule has 1 amide bonds. The summed E-state index contributed by atoms with van der Waals surface area (Å²) in [5.74, 6) is -0.468. The van der Waals surface area contributed by atoms with Crippen LogP contribution in [0.3, 0.4) is 0 Å². The third kappa shape index (κ3) is 3.27. The Bertz CT molecular complexity index is 631. The maximum absolute atomic E-state index is 13.6. The first kappa shape index (κ1) is 14.3. The van der Waals surface area contributed by atoms with E-state index in [2.05, 4.69) is 5.32 Å². The van der Waals surface area contributed by atoms with Gasteiger partial charge in [-0.1, -0.05) is 29.8 Å². The Morgan fingerprint density at radius 2 is 2.05 bits per heavy atom. The molecule has 1 N–H and O–H groups in total. The smallest absolute Gasteiger partial charge is 0.254 e. The number of nitrogens with one attached hydrogen (secondary N) is 1. The first-order chi connectivity index (χ1) is 9.61. The predicted molar refractivity (Wildman–Crippen MR) is 75.6 cm³/mol. The van der Waals surface area contributed by atoms with Gasteiger partial charge < -0.3 is 10.1 Å². The van der Waals surface area contributed by atoms with E-state index < -0.39 is 11.7 Å². The van der Waals surface area contributed by atoms with Crippen LogP contribution in [0.2, 0.25) is 5.02 Å². The molecule has 2 rings (SSSR count). The Balaban J connectivity index is 2.09. The van der Waals surface area contributed by atoms with Crippen LogP contribution in [-0.2, 0) is 6.54 Å². The molecule has 0 saturated carbocycles. The third-order valence-corrected chi connectivity index (χ3v) is 3.04. The highest BCUT2D eigenvalue weighted by Gasteiger charge is 2.12. The first-order valence-corrected chi connectivity index (χ1v) is 6.34. The van der Waals surface area contributed by atoms with Gasteiger partial charge in [-0.25, -0.2) is 4.39 Å². The molecule has 3 nitrogen and oxygen atoms in total. The van der Waals surface area contributed by atoms with Crippen molar-refractivity contribution in [2.24, 2.45) is 0 Å². The standard InChI is InChI=1S/C15H13ClFNO2/c1-20-14-5-3-2-4-10(14)9-18-15(19)12-7-6-11(16)8-13(12)17/h2-8H,9H2,1H3,(H,18,19). The van der Waals surface area contributed by atoms with Gasteiger partial charge in [0.1, 0.15) is 11.6 Å². The minimum absolute atomic E-state index is 0.0377. The molecule has 0 saturated heterocycles. The van der Waals surface area contributed by atoms with Crippen LogP contribution < -0.4 is 10.1 Å². The number of ether oxygens (including phenoxy) is 1. The first-order valence-electron chi connectivity index (χ1n) is 5.97. The highest BCUT2D eigenvalue weighted by Crippen LogP contribution is 2.18. The number of amides is 1. The van der Waals surface area contributed by atoms with Crippen LogP contribution >= 0.6 is 11.6 Å². The second-order valence-electron chi connectivity index (χ2n) is 4.12. The van der Waals surface area contributed by atoms with E-state index in [0.717, 1.165) is 11.6 Å². The minimum atomic E-state index is -0.643. The number of carbonyl (C=O) groups excluding carboxylic acids is 1. The van der Waals surface area contributed by atoms with Crippen molar-refractivity contribution in [3.8, 4) is 5.75 Å². The lowest BCUT2D eigenvalue weighted by atomic mass is 10.1. The second-order valence-corrected chi connectivity index (χ2v) is 4.56. The van der Waals surface area contributed by atoms with Gasteiger partial charge in [-0.05, 0) is 24.3 Å². The number of benzene rings is 2. The van der Waals surface area contributed by atoms with E-state index in [1.807, 2.05) is 18.2 Å². The van der Waals surface area contributed by atoms with Crippen molar-refractivity contribution in [2.45, 2.75) is 6.54 Å². The van der Waals surface area contributed by atoms with Crippen molar-refractivity contribution in [1.82, 2.24) is 5.32 Å². The second kappa shape index (κ2) is 6.39. The largest absolute Gasteiger partial charge is 0.496 e. The lowest BCUT2D eigenvalue weighted by Gasteiger charge is -2.10. The third-order valence-electron chi connectivity index (χ3n) is 2.81. The van der Waals surface area contributed by atoms with Gasteiger partial charge in [-0.15, -0.1) is 0 Å². The van der Waals surface area contributed by atoms with E-state index in [1.54, 1.807) is 13.2 Å². The molecule has 104 valence electrons. The molecular weight excluding hydrogens is 281 g/mol. The van der Waals surface area contributed by atoms with Gasteiger partial charge in [0.2, 0.25) is 0 Å². The topological polar surface area (TPSA) is 38.3 Å². The summed E-state index contributed by atoms with van der Waals surface area (Å²) in [6.07, 6.45) is 0. The van der Waals surface area contributed by atoms with E-state index in [0.29, 0.717) is 5.75 Å². The molecular formula is C15H13ClFNO2. The van der Waals surface area contributed by atoms with Crippen LogP contribution in [-0.4, -0.2) is 13.0 Å². The molecule has 0 fully saturated rings. The molecule has 0 bridgehead atoms. The van der Waals surface area contributed by atoms with E-state index in [-0.39, 0.29) is 17.1 Å². The van der Waals surface area contributed by atoms with Crippen LogP contribution in [0.1, 0.15) is 15.9 Å². The fraction of sp³-hybridized carbons (Fsp3) is 0.133. The van der Waals surface area contributed by atoms with Crippen molar-refractivity contribution in [2.75, 3.05) is 7.11 Å². The van der Waals surface area contributed by atoms with Crippen molar-refractivity contribution < 1.29 is 13.9 Å². The number of hydrogen-bond acceptors (Lipinski definition) is 2. The number of methoxy groups -OCH3 is 1. The maximum atomic E-state index is 13.6. The van der Waals surface area contributed by atoms with Gasteiger partial charge in [0.05, 0.1) is 12.7 Å². The van der Waals surface area contributed by atoms with E-state index in [9.17, 15) is 9.18 Å². The predicted octanol–water partition coefficient (Wildman–Crippen LogP) is 3.42. The summed E-state index contributed by atoms with van der Waals surface area (Å²) in [6, 6.07) is 11.2. The Morgan fingerprint density at radius 1 is 1.30 bits per heavy atom. The molecule has 0 heterocycles. The van der Waals surface area contributed by atoms with Gasteiger partial charge in [0.25, 0.3) is 5.91 Å². The SMILES string of the molecule is COc1ccccc1CNC(=O)c1ccc(Cl)cc1F.